The van der Waals surface area contributed by atoms with Crippen LogP contribution in [0.3, 0.4) is 0 Å². The number of ether oxygens (including phenoxy) is 1. The molecule has 0 fully saturated rings. The molecule has 1 aromatic rings. The lowest BCUT2D eigenvalue weighted by Gasteiger charge is -2.26. The van der Waals surface area contributed by atoms with Gasteiger partial charge in [-0.25, -0.2) is 0 Å². The first kappa shape index (κ1) is 12.5. The molecule has 0 aliphatic rings. The minimum absolute atomic E-state index is 0.303. The van der Waals surface area contributed by atoms with Gasteiger partial charge in [-0.15, -0.1) is 0 Å². The lowest BCUT2D eigenvalue weighted by atomic mass is 9.95. The molecule has 0 radical (unpaired) electrons. The van der Waals surface area contributed by atoms with E-state index in [1.54, 1.807) is 12.1 Å². The molecule has 0 spiro atoms. The molecule has 2 N–H and O–H groups in total. The molecule has 16 heavy (non-hydrogen) atoms. The van der Waals surface area contributed by atoms with Gasteiger partial charge < -0.3 is 10.5 Å². The zero-order valence-corrected chi connectivity index (χ0v) is 9.86. The second-order valence-electron chi connectivity index (χ2n) is 3.97. The van der Waals surface area contributed by atoms with Crippen molar-refractivity contribution in [2.45, 2.75) is 32.2 Å². The molecule has 0 saturated carbocycles. The number of hydrogen-bond donors (Lipinski definition) is 1. The second kappa shape index (κ2) is 5.53. The zero-order valence-electron chi connectivity index (χ0n) is 9.86. The smallest absolute Gasteiger partial charge is 0.137 e. The van der Waals surface area contributed by atoms with Crippen LogP contribution >= 0.6 is 0 Å². The Balaban J connectivity index is 2.72. The Morgan fingerprint density at radius 2 is 1.94 bits per heavy atom. The largest absolute Gasteiger partial charge is 0.490 e. The molecule has 0 unspecified atom stereocenters. The van der Waals surface area contributed by atoms with Crippen molar-refractivity contribution >= 4 is 0 Å². The molecular formula is C13H18N2O. The van der Waals surface area contributed by atoms with Gasteiger partial charge in [-0.1, -0.05) is 26.0 Å². The summed E-state index contributed by atoms with van der Waals surface area (Å²) in [5, 5.41) is 8.90. The lowest BCUT2D eigenvalue weighted by molar-refractivity contribution is 0.206. The summed E-state index contributed by atoms with van der Waals surface area (Å²) in [6.07, 6.45) is 1.72. The van der Waals surface area contributed by atoms with E-state index >= 15 is 0 Å². The van der Waals surface area contributed by atoms with Crippen LogP contribution in [0.15, 0.2) is 24.3 Å². The fourth-order valence-electron chi connectivity index (χ4n) is 1.36. The van der Waals surface area contributed by atoms with Gasteiger partial charge in [-0.05, 0) is 25.0 Å². The van der Waals surface area contributed by atoms with E-state index in [2.05, 4.69) is 6.07 Å². The van der Waals surface area contributed by atoms with Crippen molar-refractivity contribution in [3.05, 3.63) is 29.8 Å². The van der Waals surface area contributed by atoms with Gasteiger partial charge in [-0.3, -0.25) is 0 Å². The first-order valence-electron chi connectivity index (χ1n) is 5.56. The predicted octanol–water partition coefficient (Wildman–Crippen LogP) is 2.45. The topological polar surface area (TPSA) is 59.0 Å². The maximum absolute atomic E-state index is 8.90. The van der Waals surface area contributed by atoms with Gasteiger partial charge in [0.05, 0.1) is 5.56 Å². The summed E-state index contributed by atoms with van der Waals surface area (Å²) in [6, 6.07) is 9.31. The van der Waals surface area contributed by atoms with Gasteiger partial charge >= 0.3 is 0 Å². The van der Waals surface area contributed by atoms with Crippen molar-refractivity contribution in [3.8, 4) is 11.8 Å². The Labute approximate surface area is 96.8 Å². The number of rotatable bonds is 5. The van der Waals surface area contributed by atoms with Gasteiger partial charge in [0.2, 0.25) is 0 Å². The first-order valence-corrected chi connectivity index (χ1v) is 5.56. The average molecular weight is 218 g/mol. The average Bonchev–Trinajstić information content (AvgIpc) is 2.36. The van der Waals surface area contributed by atoms with E-state index in [-0.39, 0.29) is 5.54 Å². The minimum Gasteiger partial charge on any atom is -0.490 e. The lowest BCUT2D eigenvalue weighted by Crippen LogP contribution is -2.44. The molecule has 3 nitrogen and oxygen atoms in total. The first-order chi connectivity index (χ1) is 7.65. The molecule has 0 saturated heterocycles. The van der Waals surface area contributed by atoms with Crippen LogP contribution in [-0.2, 0) is 0 Å². The van der Waals surface area contributed by atoms with Crippen molar-refractivity contribution in [2.24, 2.45) is 5.73 Å². The van der Waals surface area contributed by atoms with E-state index in [4.69, 9.17) is 15.7 Å². The fraction of sp³-hybridized carbons (Fsp3) is 0.462. The highest BCUT2D eigenvalue weighted by Gasteiger charge is 2.21. The molecular weight excluding hydrogens is 200 g/mol. The Morgan fingerprint density at radius 3 is 2.50 bits per heavy atom. The third kappa shape index (κ3) is 2.98. The van der Waals surface area contributed by atoms with E-state index in [1.807, 2.05) is 26.0 Å². The summed E-state index contributed by atoms with van der Waals surface area (Å²) in [4.78, 5) is 0. The van der Waals surface area contributed by atoms with Gasteiger partial charge in [0.1, 0.15) is 18.4 Å². The summed E-state index contributed by atoms with van der Waals surface area (Å²) in [6.45, 7) is 4.53. The summed E-state index contributed by atoms with van der Waals surface area (Å²) < 4.78 is 5.63. The van der Waals surface area contributed by atoms with E-state index in [0.717, 1.165) is 12.8 Å². The van der Waals surface area contributed by atoms with Gasteiger partial charge in [0, 0.05) is 5.54 Å². The standard InChI is InChI=1S/C13H18N2O/c1-3-13(15,4-2)10-16-12-8-6-5-7-11(12)9-14/h5-8H,3-4,10,15H2,1-2H3. The van der Waals surface area contributed by atoms with Gasteiger partial charge in [0.25, 0.3) is 0 Å². The third-order valence-electron chi connectivity index (χ3n) is 2.93. The molecule has 0 amide bonds. The van der Waals surface area contributed by atoms with Crippen molar-refractivity contribution in [3.63, 3.8) is 0 Å². The van der Waals surface area contributed by atoms with Crippen molar-refractivity contribution in [2.75, 3.05) is 6.61 Å². The molecule has 0 heterocycles. The molecule has 0 aliphatic heterocycles. The third-order valence-corrected chi connectivity index (χ3v) is 2.93. The van der Waals surface area contributed by atoms with Crippen LogP contribution in [0.25, 0.3) is 0 Å². The Bertz CT molecular complexity index is 378. The molecule has 86 valence electrons. The molecule has 1 rings (SSSR count). The SMILES string of the molecule is CCC(N)(CC)COc1ccccc1C#N. The Kier molecular flexibility index (Phi) is 4.33. The Morgan fingerprint density at radius 1 is 1.31 bits per heavy atom. The quantitative estimate of drug-likeness (QED) is 0.825. The monoisotopic (exact) mass is 218 g/mol. The number of nitriles is 1. The van der Waals surface area contributed by atoms with Crippen LogP contribution in [0.1, 0.15) is 32.3 Å². The molecule has 1 aromatic carbocycles. The highest BCUT2D eigenvalue weighted by Crippen LogP contribution is 2.19. The molecule has 0 atom stereocenters. The summed E-state index contributed by atoms with van der Waals surface area (Å²) in [5.74, 6) is 0.613. The number of nitrogens with zero attached hydrogens (tertiary/aromatic N) is 1. The van der Waals surface area contributed by atoms with Crippen LogP contribution < -0.4 is 10.5 Å². The molecule has 3 heteroatoms. The number of nitrogens with two attached hydrogens (primary N) is 1. The van der Waals surface area contributed by atoms with E-state index in [1.165, 1.54) is 0 Å². The van der Waals surface area contributed by atoms with E-state index < -0.39 is 0 Å². The summed E-state index contributed by atoms with van der Waals surface area (Å²) >= 11 is 0. The highest BCUT2D eigenvalue weighted by atomic mass is 16.5. The van der Waals surface area contributed by atoms with Crippen LogP contribution in [0, 0.1) is 11.3 Å². The van der Waals surface area contributed by atoms with Crippen molar-refractivity contribution in [1.82, 2.24) is 0 Å². The molecule has 0 aromatic heterocycles. The maximum atomic E-state index is 8.90. The number of benzene rings is 1. The normalized spacial score (nSPS) is 10.9. The molecule has 0 bridgehead atoms. The number of para-hydroxylation sites is 1. The highest BCUT2D eigenvalue weighted by molar-refractivity contribution is 5.42. The van der Waals surface area contributed by atoms with Gasteiger partial charge in [-0.2, -0.15) is 5.26 Å². The predicted molar refractivity (Wildman–Crippen MR) is 64.2 cm³/mol. The Hall–Kier alpha value is -1.53. The van der Waals surface area contributed by atoms with Crippen LogP contribution in [0.2, 0.25) is 0 Å². The number of hydrogen-bond acceptors (Lipinski definition) is 3. The summed E-state index contributed by atoms with van der Waals surface area (Å²) in [7, 11) is 0. The van der Waals surface area contributed by atoms with Gasteiger partial charge in [0.15, 0.2) is 0 Å². The fourth-order valence-corrected chi connectivity index (χ4v) is 1.36. The zero-order chi connectivity index (χ0) is 12.0. The van der Waals surface area contributed by atoms with Crippen LogP contribution in [0.4, 0.5) is 0 Å². The second-order valence-corrected chi connectivity index (χ2v) is 3.97. The molecule has 0 aliphatic carbocycles. The van der Waals surface area contributed by atoms with Crippen molar-refractivity contribution in [1.29, 1.82) is 5.26 Å². The maximum Gasteiger partial charge on any atom is 0.137 e. The van der Waals surface area contributed by atoms with Crippen molar-refractivity contribution < 1.29 is 4.74 Å². The summed E-state index contributed by atoms with van der Waals surface area (Å²) in [5.41, 5.74) is 6.38. The van der Waals surface area contributed by atoms with Crippen LogP contribution in [-0.4, -0.2) is 12.1 Å². The van der Waals surface area contributed by atoms with Crippen LogP contribution in [0.5, 0.6) is 5.75 Å². The van der Waals surface area contributed by atoms with E-state index in [0.29, 0.717) is 17.9 Å². The minimum atomic E-state index is -0.303. The van der Waals surface area contributed by atoms with E-state index in [9.17, 15) is 0 Å².